The molecule has 2 rings (SSSR count). The summed E-state index contributed by atoms with van der Waals surface area (Å²) in [6.45, 7) is 1.84. The monoisotopic (exact) mass is 248 g/mol. The summed E-state index contributed by atoms with van der Waals surface area (Å²) < 4.78 is 1.55. The molecular weight excluding hydrogens is 238 g/mol. The standard InChI is InChI=1S/C12H11ClN3O/c1-8-7-11(16(2)15-8)12(17)14-10-5-3-9(13)4-6-10/h3,5-7H,1-2H3,(H,14,17). The molecule has 0 bridgehead atoms. The maximum absolute atomic E-state index is 11.9. The zero-order valence-corrected chi connectivity index (χ0v) is 10.2. The number of nitrogens with one attached hydrogen (secondary N) is 1. The highest BCUT2D eigenvalue weighted by Crippen LogP contribution is 2.14. The minimum absolute atomic E-state index is 0.205. The van der Waals surface area contributed by atoms with Gasteiger partial charge in [-0.1, -0.05) is 11.6 Å². The Labute approximate surface area is 104 Å². The Morgan fingerprint density at radius 1 is 1.53 bits per heavy atom. The van der Waals surface area contributed by atoms with Gasteiger partial charge < -0.3 is 5.32 Å². The van der Waals surface area contributed by atoms with Crippen molar-refractivity contribution >= 4 is 23.2 Å². The van der Waals surface area contributed by atoms with Crippen LogP contribution in [0.5, 0.6) is 0 Å². The second kappa shape index (κ2) is 4.59. The average molecular weight is 249 g/mol. The number of aryl methyl sites for hydroxylation is 2. The van der Waals surface area contributed by atoms with E-state index < -0.39 is 0 Å². The molecule has 5 heteroatoms. The van der Waals surface area contributed by atoms with Gasteiger partial charge in [0.05, 0.1) is 5.69 Å². The molecular formula is C12H11ClN3O. The van der Waals surface area contributed by atoms with Crippen LogP contribution in [0.25, 0.3) is 0 Å². The first kappa shape index (κ1) is 11.7. The largest absolute Gasteiger partial charge is 0.321 e. The van der Waals surface area contributed by atoms with Gasteiger partial charge in [0.15, 0.2) is 0 Å². The van der Waals surface area contributed by atoms with Crippen molar-refractivity contribution in [3.63, 3.8) is 0 Å². The van der Waals surface area contributed by atoms with E-state index in [-0.39, 0.29) is 5.91 Å². The van der Waals surface area contributed by atoms with Gasteiger partial charge in [0.25, 0.3) is 5.91 Å². The first-order valence-electron chi connectivity index (χ1n) is 5.05. The number of carbonyl (C=O) groups excluding carboxylic acids is 1. The van der Waals surface area contributed by atoms with E-state index in [1.54, 1.807) is 36.0 Å². The molecule has 1 amide bonds. The highest BCUT2D eigenvalue weighted by molar-refractivity contribution is 6.30. The lowest BCUT2D eigenvalue weighted by Crippen LogP contribution is -2.15. The van der Waals surface area contributed by atoms with Crippen molar-refractivity contribution in [1.29, 1.82) is 0 Å². The van der Waals surface area contributed by atoms with Crippen molar-refractivity contribution in [2.75, 3.05) is 5.32 Å². The van der Waals surface area contributed by atoms with Gasteiger partial charge >= 0.3 is 0 Å². The van der Waals surface area contributed by atoms with Crippen LogP contribution in [-0.4, -0.2) is 15.7 Å². The third kappa shape index (κ3) is 2.65. The molecule has 1 heterocycles. The predicted octanol–water partition coefficient (Wildman–Crippen LogP) is 2.43. The molecule has 4 nitrogen and oxygen atoms in total. The topological polar surface area (TPSA) is 46.9 Å². The molecule has 1 radical (unpaired) electrons. The molecule has 0 aliphatic heterocycles. The number of amides is 1. The molecule has 2 aromatic rings. The van der Waals surface area contributed by atoms with Gasteiger partial charge in [-0.25, -0.2) is 0 Å². The lowest BCUT2D eigenvalue weighted by Gasteiger charge is -2.04. The predicted molar refractivity (Wildman–Crippen MR) is 66.2 cm³/mol. The van der Waals surface area contributed by atoms with Crippen LogP contribution in [0.4, 0.5) is 5.69 Å². The van der Waals surface area contributed by atoms with Gasteiger partial charge in [-0.15, -0.1) is 0 Å². The number of aromatic nitrogens is 2. The molecule has 0 saturated carbocycles. The van der Waals surface area contributed by atoms with E-state index in [0.29, 0.717) is 16.4 Å². The van der Waals surface area contributed by atoms with Gasteiger partial charge in [-0.2, -0.15) is 5.10 Å². The third-order valence-electron chi connectivity index (χ3n) is 2.27. The third-order valence-corrected chi connectivity index (χ3v) is 2.50. The van der Waals surface area contributed by atoms with E-state index in [1.807, 2.05) is 6.92 Å². The highest BCUT2D eigenvalue weighted by Gasteiger charge is 2.11. The van der Waals surface area contributed by atoms with Crippen molar-refractivity contribution in [2.45, 2.75) is 6.92 Å². The summed E-state index contributed by atoms with van der Waals surface area (Å²) >= 11 is 5.71. The first-order valence-corrected chi connectivity index (χ1v) is 5.43. The SMILES string of the molecule is Cc1cc(C(=O)Nc2c[c]c(Cl)cc2)n(C)n1. The number of benzene rings is 1. The first-order chi connectivity index (χ1) is 8.06. The van der Waals surface area contributed by atoms with E-state index >= 15 is 0 Å². The molecule has 0 atom stereocenters. The van der Waals surface area contributed by atoms with Gasteiger partial charge in [-0.3, -0.25) is 9.48 Å². The lowest BCUT2D eigenvalue weighted by molar-refractivity contribution is 0.101. The number of anilines is 1. The Kier molecular flexibility index (Phi) is 3.15. The fraction of sp³-hybridized carbons (Fsp3) is 0.167. The number of rotatable bonds is 2. The van der Waals surface area contributed by atoms with E-state index in [1.165, 1.54) is 0 Å². The summed E-state index contributed by atoms with van der Waals surface area (Å²) in [6, 6.07) is 9.56. The van der Waals surface area contributed by atoms with Crippen LogP contribution in [0.15, 0.2) is 24.3 Å². The molecule has 1 aromatic heterocycles. The lowest BCUT2D eigenvalue weighted by atomic mass is 10.3. The Hall–Kier alpha value is -1.81. The Morgan fingerprint density at radius 2 is 2.29 bits per heavy atom. The summed E-state index contributed by atoms with van der Waals surface area (Å²) in [5.74, 6) is -0.205. The van der Waals surface area contributed by atoms with E-state index in [0.717, 1.165) is 5.69 Å². The average Bonchev–Trinajstić information content (AvgIpc) is 2.61. The van der Waals surface area contributed by atoms with Crippen LogP contribution in [0.2, 0.25) is 5.02 Å². The van der Waals surface area contributed by atoms with E-state index in [2.05, 4.69) is 16.5 Å². The molecule has 0 spiro atoms. The van der Waals surface area contributed by atoms with Gasteiger partial charge in [-0.05, 0) is 31.2 Å². The maximum Gasteiger partial charge on any atom is 0.273 e. The minimum Gasteiger partial charge on any atom is -0.321 e. The van der Waals surface area contributed by atoms with Crippen LogP contribution < -0.4 is 5.32 Å². The van der Waals surface area contributed by atoms with Crippen molar-refractivity contribution in [3.8, 4) is 0 Å². The molecule has 0 saturated heterocycles. The number of hydrogen-bond donors (Lipinski definition) is 1. The summed E-state index contributed by atoms with van der Waals surface area (Å²) in [5, 5.41) is 7.38. The number of halogens is 1. The zero-order valence-electron chi connectivity index (χ0n) is 9.49. The summed E-state index contributed by atoms with van der Waals surface area (Å²) in [6.07, 6.45) is 0. The van der Waals surface area contributed by atoms with Crippen molar-refractivity contribution in [2.24, 2.45) is 7.05 Å². The molecule has 1 aromatic carbocycles. The summed E-state index contributed by atoms with van der Waals surface area (Å²) in [7, 11) is 1.73. The van der Waals surface area contributed by atoms with E-state index in [4.69, 9.17) is 11.6 Å². The minimum atomic E-state index is -0.205. The van der Waals surface area contributed by atoms with Crippen molar-refractivity contribution in [1.82, 2.24) is 9.78 Å². The smallest absolute Gasteiger partial charge is 0.273 e. The van der Waals surface area contributed by atoms with Gasteiger partial charge in [0.1, 0.15) is 5.69 Å². The Balaban J connectivity index is 2.17. The normalized spacial score (nSPS) is 10.3. The molecule has 0 fully saturated rings. The van der Waals surface area contributed by atoms with Crippen LogP contribution in [0.3, 0.4) is 0 Å². The summed E-state index contributed by atoms with van der Waals surface area (Å²) in [5.41, 5.74) is 1.97. The second-order valence-electron chi connectivity index (χ2n) is 3.67. The molecule has 0 aliphatic carbocycles. The number of carbonyl (C=O) groups is 1. The molecule has 17 heavy (non-hydrogen) atoms. The molecule has 87 valence electrons. The summed E-state index contributed by atoms with van der Waals surface area (Å²) in [4.78, 5) is 11.9. The molecule has 0 aliphatic rings. The van der Waals surface area contributed by atoms with Crippen LogP contribution >= 0.6 is 11.6 Å². The van der Waals surface area contributed by atoms with Gasteiger partial charge in [0.2, 0.25) is 0 Å². The fourth-order valence-electron chi connectivity index (χ4n) is 1.50. The Bertz CT molecular complexity index is 545. The Morgan fingerprint density at radius 3 is 2.82 bits per heavy atom. The second-order valence-corrected chi connectivity index (χ2v) is 4.08. The molecule has 1 N–H and O–H groups in total. The van der Waals surface area contributed by atoms with Crippen LogP contribution in [0.1, 0.15) is 16.2 Å². The van der Waals surface area contributed by atoms with E-state index in [9.17, 15) is 4.79 Å². The van der Waals surface area contributed by atoms with Crippen LogP contribution in [0, 0.1) is 13.0 Å². The quantitative estimate of drug-likeness (QED) is 0.887. The van der Waals surface area contributed by atoms with Crippen molar-refractivity contribution < 1.29 is 4.79 Å². The molecule has 0 unspecified atom stereocenters. The fourth-order valence-corrected chi connectivity index (χ4v) is 1.62. The van der Waals surface area contributed by atoms with Gasteiger partial charge in [0, 0.05) is 23.8 Å². The zero-order chi connectivity index (χ0) is 12.4. The number of hydrogen-bond acceptors (Lipinski definition) is 2. The van der Waals surface area contributed by atoms with Crippen molar-refractivity contribution in [3.05, 3.63) is 46.7 Å². The highest BCUT2D eigenvalue weighted by atomic mass is 35.5. The number of nitrogens with zero attached hydrogens (tertiary/aromatic N) is 2. The maximum atomic E-state index is 11.9. The van der Waals surface area contributed by atoms with Crippen LogP contribution in [-0.2, 0) is 7.05 Å².